The van der Waals surface area contributed by atoms with Crippen LogP contribution in [0.25, 0.3) is 0 Å². The molecule has 0 aliphatic heterocycles. The van der Waals surface area contributed by atoms with Crippen LogP contribution < -0.4 is 11.1 Å². The highest BCUT2D eigenvalue weighted by atomic mass is 35.5. The van der Waals surface area contributed by atoms with Gasteiger partial charge in [0.2, 0.25) is 0 Å². The molecule has 0 aromatic heterocycles. The summed E-state index contributed by atoms with van der Waals surface area (Å²) in [5, 5.41) is 2.17. The van der Waals surface area contributed by atoms with Gasteiger partial charge in [0.05, 0.1) is 16.3 Å². The first-order valence-corrected chi connectivity index (χ1v) is 5.78. The van der Waals surface area contributed by atoms with Crippen LogP contribution in [0.1, 0.15) is 10.4 Å². The quantitative estimate of drug-likeness (QED) is 0.658. The number of halogens is 4. The maximum atomic E-state index is 13.4. The number of nitrogens with two attached hydrogens (primary N) is 1. The molecular weight excluding hydrogens is 293 g/mol. The lowest BCUT2D eigenvalue weighted by atomic mass is 10.2. The largest absolute Gasteiger partial charge is 0.399 e. The normalized spacial score (nSPS) is 10.4. The van der Waals surface area contributed by atoms with Crippen molar-refractivity contribution in [3.05, 3.63) is 58.4 Å². The number of amides is 1. The summed E-state index contributed by atoms with van der Waals surface area (Å²) < 4.78 is 39.2. The number of rotatable bonds is 2. The highest BCUT2D eigenvalue weighted by molar-refractivity contribution is 6.34. The SMILES string of the molecule is Nc1ccc(C(=O)Nc2ccc(F)c(F)c2F)c(Cl)c1. The fourth-order valence-corrected chi connectivity index (χ4v) is 1.80. The maximum absolute atomic E-state index is 13.4. The second kappa shape index (κ2) is 5.42. The van der Waals surface area contributed by atoms with E-state index in [2.05, 4.69) is 5.32 Å². The fraction of sp³-hybridized carbons (Fsp3) is 0. The molecule has 0 atom stereocenters. The number of nitrogens with one attached hydrogen (secondary N) is 1. The minimum Gasteiger partial charge on any atom is -0.399 e. The van der Waals surface area contributed by atoms with E-state index in [-0.39, 0.29) is 10.6 Å². The minimum atomic E-state index is -1.66. The van der Waals surface area contributed by atoms with Crippen molar-refractivity contribution in [1.82, 2.24) is 0 Å². The summed E-state index contributed by atoms with van der Waals surface area (Å²) in [7, 11) is 0. The molecule has 0 unspecified atom stereocenters. The lowest BCUT2D eigenvalue weighted by Crippen LogP contribution is -2.14. The van der Waals surface area contributed by atoms with Gasteiger partial charge in [-0.1, -0.05) is 11.6 Å². The first-order chi connectivity index (χ1) is 9.40. The molecule has 0 fully saturated rings. The zero-order valence-corrected chi connectivity index (χ0v) is 10.6. The number of anilines is 2. The van der Waals surface area contributed by atoms with Gasteiger partial charge >= 0.3 is 0 Å². The number of hydrogen-bond donors (Lipinski definition) is 2. The predicted octanol–water partition coefficient (Wildman–Crippen LogP) is 3.59. The molecule has 104 valence electrons. The summed E-state index contributed by atoms with van der Waals surface area (Å²) in [5.74, 6) is -5.25. The van der Waals surface area contributed by atoms with Crippen LogP contribution in [0.5, 0.6) is 0 Å². The molecule has 7 heteroatoms. The Morgan fingerprint density at radius 2 is 1.80 bits per heavy atom. The lowest BCUT2D eigenvalue weighted by molar-refractivity contribution is 0.102. The zero-order chi connectivity index (χ0) is 14.9. The van der Waals surface area contributed by atoms with E-state index in [1.54, 1.807) is 0 Å². The molecule has 2 aromatic carbocycles. The Morgan fingerprint density at radius 1 is 1.10 bits per heavy atom. The van der Waals surface area contributed by atoms with E-state index in [4.69, 9.17) is 17.3 Å². The summed E-state index contributed by atoms with van der Waals surface area (Å²) >= 11 is 5.82. The van der Waals surface area contributed by atoms with Gasteiger partial charge in [0.1, 0.15) is 0 Å². The van der Waals surface area contributed by atoms with E-state index in [0.29, 0.717) is 11.8 Å². The van der Waals surface area contributed by atoms with Gasteiger partial charge in [-0.15, -0.1) is 0 Å². The van der Waals surface area contributed by atoms with Crippen LogP contribution in [-0.4, -0.2) is 5.91 Å². The number of carbonyl (C=O) groups excluding carboxylic acids is 1. The molecule has 1 amide bonds. The van der Waals surface area contributed by atoms with Crippen molar-refractivity contribution in [3.8, 4) is 0 Å². The van der Waals surface area contributed by atoms with Crippen molar-refractivity contribution in [2.45, 2.75) is 0 Å². The molecule has 3 nitrogen and oxygen atoms in total. The molecule has 0 saturated heterocycles. The van der Waals surface area contributed by atoms with Crippen molar-refractivity contribution < 1.29 is 18.0 Å². The molecular formula is C13H8ClF3N2O. The second-order valence-corrected chi connectivity index (χ2v) is 4.32. The molecule has 0 aliphatic carbocycles. The molecule has 0 bridgehead atoms. The highest BCUT2D eigenvalue weighted by Gasteiger charge is 2.17. The van der Waals surface area contributed by atoms with Gasteiger partial charge in [-0.25, -0.2) is 13.2 Å². The highest BCUT2D eigenvalue weighted by Crippen LogP contribution is 2.23. The number of hydrogen-bond acceptors (Lipinski definition) is 2. The Bertz CT molecular complexity index is 692. The molecule has 0 aliphatic rings. The van der Waals surface area contributed by atoms with Crippen LogP contribution in [0.3, 0.4) is 0 Å². The smallest absolute Gasteiger partial charge is 0.257 e. The van der Waals surface area contributed by atoms with Crippen molar-refractivity contribution in [2.24, 2.45) is 0 Å². The number of carbonyl (C=O) groups is 1. The van der Waals surface area contributed by atoms with Crippen LogP contribution in [0.2, 0.25) is 5.02 Å². The molecule has 20 heavy (non-hydrogen) atoms. The van der Waals surface area contributed by atoms with E-state index in [9.17, 15) is 18.0 Å². The Labute approximate surface area is 117 Å². The number of benzene rings is 2. The molecule has 0 spiro atoms. The molecule has 0 radical (unpaired) electrons. The zero-order valence-electron chi connectivity index (χ0n) is 9.88. The van der Waals surface area contributed by atoms with E-state index < -0.39 is 29.0 Å². The Balaban J connectivity index is 2.30. The van der Waals surface area contributed by atoms with Crippen LogP contribution >= 0.6 is 11.6 Å². The first kappa shape index (κ1) is 14.2. The monoisotopic (exact) mass is 300 g/mol. The molecule has 3 N–H and O–H groups in total. The first-order valence-electron chi connectivity index (χ1n) is 5.40. The summed E-state index contributed by atoms with van der Waals surface area (Å²) in [4.78, 5) is 11.9. The number of nitrogen functional groups attached to an aromatic ring is 1. The van der Waals surface area contributed by atoms with E-state index in [1.165, 1.54) is 18.2 Å². The topological polar surface area (TPSA) is 55.1 Å². The average molecular weight is 301 g/mol. The Hall–Kier alpha value is -2.21. The second-order valence-electron chi connectivity index (χ2n) is 3.92. The standard InChI is InChI=1S/C13H8ClF3N2O/c14-8-5-6(18)1-2-7(8)13(20)19-10-4-3-9(15)11(16)12(10)17/h1-5H,18H2,(H,19,20). The van der Waals surface area contributed by atoms with Crippen molar-refractivity contribution in [3.63, 3.8) is 0 Å². The summed E-state index contributed by atoms with van der Waals surface area (Å²) in [5.41, 5.74) is 5.37. The predicted molar refractivity (Wildman–Crippen MR) is 70.1 cm³/mol. The van der Waals surface area contributed by atoms with E-state index in [0.717, 1.165) is 6.07 Å². The van der Waals surface area contributed by atoms with Gasteiger partial charge in [-0.05, 0) is 30.3 Å². The average Bonchev–Trinajstić information content (AvgIpc) is 2.39. The third-order valence-corrected chi connectivity index (χ3v) is 2.83. The van der Waals surface area contributed by atoms with Crippen molar-refractivity contribution in [1.29, 1.82) is 0 Å². The van der Waals surface area contributed by atoms with Gasteiger partial charge < -0.3 is 11.1 Å². The Morgan fingerprint density at radius 3 is 2.45 bits per heavy atom. The van der Waals surface area contributed by atoms with Crippen LogP contribution in [-0.2, 0) is 0 Å². The Kier molecular flexibility index (Phi) is 3.85. The third-order valence-electron chi connectivity index (χ3n) is 2.52. The third kappa shape index (κ3) is 2.70. The van der Waals surface area contributed by atoms with Gasteiger partial charge in [0, 0.05) is 5.69 Å². The summed E-state index contributed by atoms with van der Waals surface area (Å²) in [6.07, 6.45) is 0. The molecule has 2 rings (SSSR count). The van der Waals surface area contributed by atoms with Gasteiger partial charge in [0.15, 0.2) is 17.5 Å². The summed E-state index contributed by atoms with van der Waals surface area (Å²) in [6, 6.07) is 5.74. The lowest BCUT2D eigenvalue weighted by Gasteiger charge is -2.09. The van der Waals surface area contributed by atoms with E-state index in [1.807, 2.05) is 0 Å². The van der Waals surface area contributed by atoms with Crippen LogP contribution in [0.15, 0.2) is 30.3 Å². The van der Waals surface area contributed by atoms with Crippen LogP contribution in [0.4, 0.5) is 24.5 Å². The van der Waals surface area contributed by atoms with Gasteiger partial charge in [-0.3, -0.25) is 4.79 Å². The molecule has 0 saturated carbocycles. The van der Waals surface area contributed by atoms with E-state index >= 15 is 0 Å². The fourth-order valence-electron chi connectivity index (χ4n) is 1.53. The van der Waals surface area contributed by atoms with Gasteiger partial charge in [-0.2, -0.15) is 0 Å². The maximum Gasteiger partial charge on any atom is 0.257 e. The minimum absolute atomic E-state index is 0.0324. The molecule has 0 heterocycles. The van der Waals surface area contributed by atoms with Crippen LogP contribution in [0, 0.1) is 17.5 Å². The van der Waals surface area contributed by atoms with Crippen molar-refractivity contribution >= 4 is 28.9 Å². The molecule has 2 aromatic rings. The van der Waals surface area contributed by atoms with Gasteiger partial charge in [0.25, 0.3) is 5.91 Å². The summed E-state index contributed by atoms with van der Waals surface area (Å²) in [6.45, 7) is 0. The van der Waals surface area contributed by atoms with Crippen molar-refractivity contribution in [2.75, 3.05) is 11.1 Å².